The SMILES string of the molecule is Cc1cc(F)cc(C)c1C(N)CS(C)(=O)=O. The van der Waals surface area contributed by atoms with E-state index < -0.39 is 15.9 Å². The summed E-state index contributed by atoms with van der Waals surface area (Å²) < 4.78 is 35.4. The zero-order chi connectivity index (χ0) is 12.5. The molecule has 1 unspecified atom stereocenters. The van der Waals surface area contributed by atoms with Crippen LogP contribution < -0.4 is 5.73 Å². The van der Waals surface area contributed by atoms with Gasteiger partial charge >= 0.3 is 0 Å². The van der Waals surface area contributed by atoms with Crippen molar-refractivity contribution in [3.63, 3.8) is 0 Å². The zero-order valence-corrected chi connectivity index (χ0v) is 10.4. The molecule has 0 saturated carbocycles. The van der Waals surface area contributed by atoms with Gasteiger partial charge in [-0.25, -0.2) is 12.8 Å². The Hall–Kier alpha value is -0.940. The summed E-state index contributed by atoms with van der Waals surface area (Å²) in [5.74, 6) is -0.453. The van der Waals surface area contributed by atoms with Gasteiger partial charge in [0.05, 0.1) is 5.75 Å². The Morgan fingerprint density at radius 1 is 1.31 bits per heavy atom. The molecule has 3 nitrogen and oxygen atoms in total. The van der Waals surface area contributed by atoms with E-state index in [9.17, 15) is 12.8 Å². The molecule has 0 saturated heterocycles. The minimum absolute atomic E-state index is 0.125. The van der Waals surface area contributed by atoms with E-state index >= 15 is 0 Å². The number of hydrogen-bond donors (Lipinski definition) is 1. The molecule has 0 aliphatic carbocycles. The number of aryl methyl sites for hydroxylation is 2. The summed E-state index contributed by atoms with van der Waals surface area (Å²) in [5, 5.41) is 0. The molecule has 0 bridgehead atoms. The number of halogens is 1. The van der Waals surface area contributed by atoms with Gasteiger partial charge in [-0.3, -0.25) is 0 Å². The van der Waals surface area contributed by atoms with Crippen molar-refractivity contribution in [2.24, 2.45) is 5.73 Å². The van der Waals surface area contributed by atoms with Gasteiger partial charge in [-0.15, -0.1) is 0 Å². The van der Waals surface area contributed by atoms with Crippen molar-refractivity contribution in [2.45, 2.75) is 19.9 Å². The molecule has 16 heavy (non-hydrogen) atoms. The lowest BCUT2D eigenvalue weighted by Crippen LogP contribution is -2.22. The number of rotatable bonds is 3. The number of hydrogen-bond acceptors (Lipinski definition) is 3. The second-order valence-corrected chi connectivity index (χ2v) is 6.34. The summed E-state index contributed by atoms with van der Waals surface area (Å²) in [6.07, 6.45) is 1.14. The average Bonchev–Trinajstić information content (AvgIpc) is 1.96. The fraction of sp³-hybridized carbons (Fsp3) is 0.455. The third-order valence-corrected chi connectivity index (χ3v) is 3.38. The molecule has 0 aliphatic heterocycles. The molecule has 5 heteroatoms. The van der Waals surface area contributed by atoms with E-state index in [1.165, 1.54) is 12.1 Å². The van der Waals surface area contributed by atoms with Gasteiger partial charge in [0.25, 0.3) is 0 Å². The second kappa shape index (κ2) is 4.51. The normalized spacial score (nSPS) is 13.8. The largest absolute Gasteiger partial charge is 0.323 e. The van der Waals surface area contributed by atoms with E-state index in [1.54, 1.807) is 13.8 Å². The summed E-state index contributed by atoms with van der Waals surface area (Å²) in [6.45, 7) is 3.46. The highest BCUT2D eigenvalue weighted by Gasteiger charge is 2.17. The molecule has 1 atom stereocenters. The maximum atomic E-state index is 13.1. The topological polar surface area (TPSA) is 60.2 Å². The Morgan fingerprint density at radius 3 is 2.12 bits per heavy atom. The van der Waals surface area contributed by atoms with Gasteiger partial charge in [0, 0.05) is 12.3 Å². The van der Waals surface area contributed by atoms with E-state index in [-0.39, 0.29) is 11.6 Å². The van der Waals surface area contributed by atoms with E-state index in [0.29, 0.717) is 16.7 Å². The number of sulfone groups is 1. The molecular formula is C11H16FNO2S. The predicted molar refractivity (Wildman–Crippen MR) is 62.5 cm³/mol. The van der Waals surface area contributed by atoms with Crippen LogP contribution in [0.25, 0.3) is 0 Å². The molecule has 90 valence electrons. The van der Waals surface area contributed by atoms with Crippen LogP contribution in [0.1, 0.15) is 22.7 Å². The molecule has 0 heterocycles. The third-order valence-electron chi connectivity index (χ3n) is 2.41. The molecule has 0 spiro atoms. The summed E-state index contributed by atoms with van der Waals surface area (Å²) in [5.41, 5.74) is 7.92. The number of nitrogens with two attached hydrogens (primary N) is 1. The van der Waals surface area contributed by atoms with E-state index in [2.05, 4.69) is 0 Å². The minimum Gasteiger partial charge on any atom is -0.323 e. The van der Waals surface area contributed by atoms with Crippen molar-refractivity contribution >= 4 is 9.84 Å². The van der Waals surface area contributed by atoms with Crippen molar-refractivity contribution < 1.29 is 12.8 Å². The van der Waals surface area contributed by atoms with Crippen molar-refractivity contribution in [1.82, 2.24) is 0 Å². The highest BCUT2D eigenvalue weighted by Crippen LogP contribution is 2.22. The predicted octanol–water partition coefficient (Wildman–Crippen LogP) is 1.49. The van der Waals surface area contributed by atoms with E-state index in [4.69, 9.17) is 5.73 Å². The van der Waals surface area contributed by atoms with Crippen molar-refractivity contribution in [3.8, 4) is 0 Å². The molecule has 0 aliphatic rings. The van der Waals surface area contributed by atoms with Gasteiger partial charge in [0.15, 0.2) is 0 Å². The first-order chi connectivity index (χ1) is 7.20. The molecule has 0 fully saturated rings. The van der Waals surface area contributed by atoms with Crippen LogP contribution in [0.2, 0.25) is 0 Å². The quantitative estimate of drug-likeness (QED) is 0.877. The van der Waals surface area contributed by atoms with Crippen LogP contribution >= 0.6 is 0 Å². The zero-order valence-electron chi connectivity index (χ0n) is 9.62. The molecule has 1 aromatic carbocycles. The first-order valence-electron chi connectivity index (χ1n) is 4.90. The summed E-state index contributed by atoms with van der Waals surface area (Å²) in [6, 6.07) is 2.13. The van der Waals surface area contributed by atoms with Gasteiger partial charge in [0.2, 0.25) is 0 Å². The summed E-state index contributed by atoms with van der Waals surface area (Å²) >= 11 is 0. The summed E-state index contributed by atoms with van der Waals surface area (Å²) in [4.78, 5) is 0. The van der Waals surface area contributed by atoms with E-state index in [1.807, 2.05) is 0 Å². The first-order valence-corrected chi connectivity index (χ1v) is 6.96. The van der Waals surface area contributed by atoms with Gasteiger partial charge < -0.3 is 5.73 Å². The fourth-order valence-corrected chi connectivity index (χ4v) is 2.74. The van der Waals surface area contributed by atoms with Gasteiger partial charge in [-0.1, -0.05) is 0 Å². The van der Waals surface area contributed by atoms with Crippen LogP contribution in [0, 0.1) is 19.7 Å². The number of benzene rings is 1. The Balaban J connectivity index is 3.14. The fourth-order valence-electron chi connectivity index (χ4n) is 1.92. The van der Waals surface area contributed by atoms with Crippen molar-refractivity contribution in [3.05, 3.63) is 34.6 Å². The highest BCUT2D eigenvalue weighted by molar-refractivity contribution is 7.90. The molecule has 0 radical (unpaired) electrons. The summed E-state index contributed by atoms with van der Waals surface area (Å²) in [7, 11) is -3.13. The minimum atomic E-state index is -3.13. The maximum Gasteiger partial charge on any atom is 0.149 e. The Bertz CT molecular complexity index is 474. The molecule has 1 aromatic rings. The lowest BCUT2D eigenvalue weighted by molar-refractivity contribution is 0.593. The molecule has 1 rings (SSSR count). The van der Waals surface area contributed by atoms with Gasteiger partial charge in [-0.05, 0) is 42.7 Å². The van der Waals surface area contributed by atoms with Gasteiger partial charge in [-0.2, -0.15) is 0 Å². The Kier molecular flexibility index (Phi) is 3.70. The Morgan fingerprint density at radius 2 is 1.75 bits per heavy atom. The average molecular weight is 245 g/mol. The van der Waals surface area contributed by atoms with Crippen LogP contribution in [0.15, 0.2) is 12.1 Å². The highest BCUT2D eigenvalue weighted by atomic mass is 32.2. The second-order valence-electron chi connectivity index (χ2n) is 4.15. The Labute approximate surface area is 95.4 Å². The lowest BCUT2D eigenvalue weighted by Gasteiger charge is -2.16. The standard InChI is InChI=1S/C11H16FNO2S/c1-7-4-9(12)5-8(2)11(7)10(13)6-16(3,14)15/h4-5,10H,6,13H2,1-3H3. The lowest BCUT2D eigenvalue weighted by atomic mass is 9.97. The van der Waals surface area contributed by atoms with Crippen LogP contribution in [-0.4, -0.2) is 20.4 Å². The monoisotopic (exact) mass is 245 g/mol. The molecule has 0 amide bonds. The third kappa shape index (κ3) is 3.28. The van der Waals surface area contributed by atoms with Crippen LogP contribution in [0.4, 0.5) is 4.39 Å². The van der Waals surface area contributed by atoms with Crippen molar-refractivity contribution in [1.29, 1.82) is 0 Å². The van der Waals surface area contributed by atoms with Crippen molar-refractivity contribution in [2.75, 3.05) is 12.0 Å². The first kappa shape index (κ1) is 13.1. The van der Waals surface area contributed by atoms with Gasteiger partial charge in [0.1, 0.15) is 15.7 Å². The maximum absolute atomic E-state index is 13.1. The van der Waals surface area contributed by atoms with Crippen LogP contribution in [0.5, 0.6) is 0 Å². The smallest absolute Gasteiger partial charge is 0.149 e. The van der Waals surface area contributed by atoms with Crippen LogP contribution in [-0.2, 0) is 9.84 Å². The molecule has 2 N–H and O–H groups in total. The molecular weight excluding hydrogens is 229 g/mol. The molecule has 0 aromatic heterocycles. The van der Waals surface area contributed by atoms with E-state index in [0.717, 1.165) is 6.26 Å². The van der Waals surface area contributed by atoms with Crippen LogP contribution in [0.3, 0.4) is 0 Å².